The van der Waals surface area contributed by atoms with Gasteiger partial charge in [-0.3, -0.25) is 5.43 Å². The van der Waals surface area contributed by atoms with Crippen molar-refractivity contribution in [2.24, 2.45) is 5.10 Å². The maximum Gasteiger partial charge on any atom is 0.123 e. The fraction of sp³-hybridized carbons (Fsp3) is 0.125. The number of methoxy groups -OCH3 is 2. The molecule has 6 heteroatoms. The van der Waals surface area contributed by atoms with Gasteiger partial charge in [0.15, 0.2) is 0 Å². The minimum atomic E-state index is -1.21. The Hall–Kier alpha value is -3.02. The Morgan fingerprint density at radius 2 is 1.68 bits per heavy atom. The molecule has 0 atom stereocenters. The zero-order chi connectivity index (χ0) is 15.9. The molecule has 0 saturated heterocycles. The van der Waals surface area contributed by atoms with E-state index in [1.807, 2.05) is 12.1 Å². The van der Waals surface area contributed by atoms with Gasteiger partial charge in [-0.15, -0.1) is 0 Å². The summed E-state index contributed by atoms with van der Waals surface area (Å²) in [7, 11) is 3.15. The molecule has 6 nitrogen and oxygen atoms in total. The lowest BCUT2D eigenvalue weighted by Gasteiger charge is -2.06. The fourth-order valence-electron chi connectivity index (χ4n) is 1.77. The number of nitrogens with zero attached hydrogens (tertiary/aromatic N) is 1. The minimum absolute atomic E-state index is 0.118. The van der Waals surface area contributed by atoms with E-state index in [0.717, 1.165) is 5.56 Å². The third kappa shape index (κ3) is 3.99. The molecule has 2 rings (SSSR count). The molecule has 0 amide bonds. The van der Waals surface area contributed by atoms with E-state index in [-0.39, 0.29) is 5.56 Å². The van der Waals surface area contributed by atoms with Crippen LogP contribution in [-0.2, 0) is 0 Å². The summed E-state index contributed by atoms with van der Waals surface area (Å²) in [5.41, 5.74) is 4.39. The SMILES string of the molecule is COc1cc(/C=N\Nc2ccc(C(=O)[O-])cc2)cc(OC)c1. The average Bonchev–Trinajstić information content (AvgIpc) is 2.55. The Bertz CT molecular complexity index is 659. The van der Waals surface area contributed by atoms with Crippen molar-refractivity contribution < 1.29 is 19.4 Å². The second-order valence-electron chi connectivity index (χ2n) is 4.38. The van der Waals surface area contributed by atoms with E-state index in [0.29, 0.717) is 17.2 Å². The summed E-state index contributed by atoms with van der Waals surface area (Å²) in [4.78, 5) is 10.6. The highest BCUT2D eigenvalue weighted by atomic mass is 16.5. The van der Waals surface area contributed by atoms with E-state index >= 15 is 0 Å². The number of hydrazone groups is 1. The number of aromatic carboxylic acids is 1. The Morgan fingerprint density at radius 3 is 2.18 bits per heavy atom. The number of anilines is 1. The molecule has 2 aromatic carbocycles. The Morgan fingerprint density at radius 1 is 1.09 bits per heavy atom. The molecule has 0 spiro atoms. The van der Waals surface area contributed by atoms with Gasteiger partial charge in [0, 0.05) is 11.6 Å². The van der Waals surface area contributed by atoms with Gasteiger partial charge in [0.25, 0.3) is 0 Å². The number of ether oxygens (including phenoxy) is 2. The van der Waals surface area contributed by atoms with Gasteiger partial charge in [0.05, 0.1) is 32.1 Å². The minimum Gasteiger partial charge on any atom is -0.545 e. The van der Waals surface area contributed by atoms with Crippen LogP contribution < -0.4 is 20.0 Å². The topological polar surface area (TPSA) is 83.0 Å². The first-order chi connectivity index (χ1) is 10.6. The average molecular weight is 299 g/mol. The lowest BCUT2D eigenvalue weighted by atomic mass is 10.2. The maximum atomic E-state index is 10.6. The number of carbonyl (C=O) groups excluding carboxylic acids is 1. The van der Waals surface area contributed by atoms with Gasteiger partial charge in [0.2, 0.25) is 0 Å². The van der Waals surface area contributed by atoms with E-state index in [2.05, 4.69) is 10.5 Å². The number of carboxylic acids is 1. The number of nitrogens with one attached hydrogen (secondary N) is 1. The second-order valence-corrected chi connectivity index (χ2v) is 4.38. The van der Waals surface area contributed by atoms with Crippen LogP contribution >= 0.6 is 0 Å². The molecule has 0 heterocycles. The third-order valence-corrected chi connectivity index (χ3v) is 2.90. The third-order valence-electron chi connectivity index (χ3n) is 2.90. The molecule has 0 bridgehead atoms. The van der Waals surface area contributed by atoms with Crippen LogP contribution in [0.3, 0.4) is 0 Å². The molecular weight excluding hydrogens is 284 g/mol. The van der Waals surface area contributed by atoms with Crippen LogP contribution in [0.5, 0.6) is 11.5 Å². The maximum absolute atomic E-state index is 10.6. The normalized spacial score (nSPS) is 10.5. The van der Waals surface area contributed by atoms with Gasteiger partial charge in [-0.25, -0.2) is 0 Å². The van der Waals surface area contributed by atoms with Gasteiger partial charge in [-0.05, 0) is 29.8 Å². The van der Waals surface area contributed by atoms with Crippen molar-refractivity contribution in [3.63, 3.8) is 0 Å². The first-order valence-corrected chi connectivity index (χ1v) is 6.46. The highest BCUT2D eigenvalue weighted by Crippen LogP contribution is 2.21. The monoisotopic (exact) mass is 299 g/mol. The molecule has 0 aliphatic carbocycles. The molecule has 22 heavy (non-hydrogen) atoms. The molecular formula is C16H15N2O4-. The van der Waals surface area contributed by atoms with Gasteiger partial charge >= 0.3 is 0 Å². The predicted molar refractivity (Wildman–Crippen MR) is 81.5 cm³/mol. The summed E-state index contributed by atoms with van der Waals surface area (Å²) < 4.78 is 10.3. The molecule has 1 N–H and O–H groups in total. The summed E-state index contributed by atoms with van der Waals surface area (Å²) in [6.45, 7) is 0. The van der Waals surface area contributed by atoms with Crippen molar-refractivity contribution in [2.75, 3.05) is 19.6 Å². The second kappa shape index (κ2) is 7.12. The number of benzene rings is 2. The van der Waals surface area contributed by atoms with Crippen LogP contribution in [-0.4, -0.2) is 26.4 Å². The quantitative estimate of drug-likeness (QED) is 0.646. The molecule has 2 aromatic rings. The van der Waals surface area contributed by atoms with Crippen LogP contribution in [0.15, 0.2) is 47.6 Å². The van der Waals surface area contributed by atoms with Crippen molar-refractivity contribution in [1.29, 1.82) is 0 Å². The smallest absolute Gasteiger partial charge is 0.123 e. The van der Waals surface area contributed by atoms with Gasteiger partial charge < -0.3 is 19.4 Å². The number of rotatable bonds is 6. The Labute approximate surface area is 128 Å². The number of hydrogen-bond acceptors (Lipinski definition) is 6. The summed E-state index contributed by atoms with van der Waals surface area (Å²) >= 11 is 0. The Kier molecular flexibility index (Phi) is 4.98. The summed E-state index contributed by atoms with van der Waals surface area (Å²) in [5, 5.41) is 14.7. The van der Waals surface area contributed by atoms with Crippen molar-refractivity contribution in [3.05, 3.63) is 53.6 Å². The van der Waals surface area contributed by atoms with Crippen LogP contribution in [0.4, 0.5) is 5.69 Å². The van der Waals surface area contributed by atoms with E-state index in [4.69, 9.17) is 9.47 Å². The predicted octanol–water partition coefficient (Wildman–Crippen LogP) is 1.51. The zero-order valence-electron chi connectivity index (χ0n) is 12.2. The highest BCUT2D eigenvalue weighted by Gasteiger charge is 2.00. The van der Waals surface area contributed by atoms with Crippen molar-refractivity contribution in [1.82, 2.24) is 0 Å². The number of carbonyl (C=O) groups is 1. The fourth-order valence-corrected chi connectivity index (χ4v) is 1.77. The molecule has 0 aromatic heterocycles. The van der Waals surface area contributed by atoms with Gasteiger partial charge in [-0.2, -0.15) is 5.10 Å². The zero-order valence-corrected chi connectivity index (χ0v) is 12.2. The molecule has 0 fully saturated rings. The van der Waals surface area contributed by atoms with Crippen LogP contribution in [0.25, 0.3) is 0 Å². The van der Waals surface area contributed by atoms with E-state index in [1.165, 1.54) is 12.1 Å². The lowest BCUT2D eigenvalue weighted by Crippen LogP contribution is -2.21. The summed E-state index contributed by atoms with van der Waals surface area (Å²) in [6, 6.07) is 11.5. The van der Waals surface area contributed by atoms with E-state index < -0.39 is 5.97 Å². The van der Waals surface area contributed by atoms with Crippen LogP contribution in [0.2, 0.25) is 0 Å². The number of carboxylic acid groups (broad SMARTS) is 1. The largest absolute Gasteiger partial charge is 0.545 e. The van der Waals surface area contributed by atoms with Crippen LogP contribution in [0, 0.1) is 0 Å². The first-order valence-electron chi connectivity index (χ1n) is 6.46. The molecule has 0 radical (unpaired) electrons. The first kappa shape index (κ1) is 15.4. The molecule has 0 unspecified atom stereocenters. The molecule has 0 aliphatic heterocycles. The van der Waals surface area contributed by atoms with Crippen molar-refractivity contribution in [3.8, 4) is 11.5 Å². The summed E-state index contributed by atoms with van der Waals surface area (Å²) in [6.07, 6.45) is 1.61. The highest BCUT2D eigenvalue weighted by molar-refractivity contribution is 5.86. The van der Waals surface area contributed by atoms with E-state index in [1.54, 1.807) is 38.6 Å². The van der Waals surface area contributed by atoms with E-state index in [9.17, 15) is 9.90 Å². The Balaban J connectivity index is 2.07. The van der Waals surface area contributed by atoms with Crippen molar-refractivity contribution in [2.45, 2.75) is 0 Å². The lowest BCUT2D eigenvalue weighted by molar-refractivity contribution is -0.255. The van der Waals surface area contributed by atoms with Crippen LogP contribution in [0.1, 0.15) is 15.9 Å². The standard InChI is InChI=1S/C16H16N2O4/c1-21-14-7-11(8-15(9-14)22-2)10-17-18-13-5-3-12(4-6-13)16(19)20/h3-10,18H,1-2H3,(H,19,20)/p-1/b17-10-. The molecule has 0 aliphatic rings. The van der Waals surface area contributed by atoms with Crippen molar-refractivity contribution >= 4 is 17.9 Å². The molecule has 0 saturated carbocycles. The molecule has 114 valence electrons. The van der Waals surface area contributed by atoms with Gasteiger partial charge in [-0.1, -0.05) is 12.1 Å². The summed E-state index contributed by atoms with van der Waals surface area (Å²) in [5.74, 6) is 0.122. The number of hydrogen-bond donors (Lipinski definition) is 1. The van der Waals surface area contributed by atoms with Gasteiger partial charge in [0.1, 0.15) is 11.5 Å².